The van der Waals surface area contributed by atoms with E-state index >= 15 is 0 Å². The number of nitrogens with zero attached hydrogens (tertiary/aromatic N) is 2. The van der Waals surface area contributed by atoms with Crippen molar-refractivity contribution < 1.29 is 14.2 Å². The molecule has 0 atom stereocenters. The molecule has 3 aromatic rings. The molecule has 8 heteroatoms. The van der Waals surface area contributed by atoms with Crippen LogP contribution in [0.3, 0.4) is 0 Å². The Labute approximate surface area is 214 Å². The first kappa shape index (κ1) is 24.7. The van der Waals surface area contributed by atoms with E-state index in [1.54, 1.807) is 24.4 Å². The molecule has 1 saturated heterocycles. The summed E-state index contributed by atoms with van der Waals surface area (Å²) in [5.41, 5.74) is 3.71. The van der Waals surface area contributed by atoms with Crippen LogP contribution in [0.15, 0.2) is 59.6 Å². The number of morpholine rings is 1. The molecule has 0 bridgehead atoms. The van der Waals surface area contributed by atoms with E-state index in [1.165, 1.54) is 5.69 Å². The number of ether oxygens (including phenoxy) is 3. The minimum Gasteiger partial charge on any atom is -0.490 e. The second kappa shape index (κ2) is 11.8. The standard InChI is InChI=1S/C26H25Cl3N2O3/c1-2-33-25-15-19(14-24(29)26(25)34-17-18-3-8-22(27)23(28)13-18)16-30-20-4-6-21(7-5-20)31-9-11-32-12-10-31/h3-8,13-16H,2,9-12,17H2,1H3. The van der Waals surface area contributed by atoms with Crippen LogP contribution in [0.4, 0.5) is 11.4 Å². The molecule has 1 aliphatic rings. The van der Waals surface area contributed by atoms with Gasteiger partial charge in [-0.1, -0.05) is 40.9 Å². The van der Waals surface area contributed by atoms with Crippen molar-refractivity contribution in [3.63, 3.8) is 0 Å². The lowest BCUT2D eigenvalue weighted by Gasteiger charge is -2.28. The summed E-state index contributed by atoms with van der Waals surface area (Å²) in [7, 11) is 0. The number of halogens is 3. The maximum absolute atomic E-state index is 6.55. The van der Waals surface area contributed by atoms with Gasteiger partial charge >= 0.3 is 0 Å². The molecule has 4 rings (SSSR count). The summed E-state index contributed by atoms with van der Waals surface area (Å²) < 4.78 is 17.2. The highest BCUT2D eigenvalue weighted by Crippen LogP contribution is 2.37. The highest BCUT2D eigenvalue weighted by Gasteiger charge is 2.14. The SMILES string of the molecule is CCOc1cc(C=Nc2ccc(N3CCOCC3)cc2)cc(Cl)c1OCc1ccc(Cl)c(Cl)c1. The third-order valence-electron chi connectivity index (χ3n) is 5.29. The van der Waals surface area contributed by atoms with Gasteiger partial charge in [0.2, 0.25) is 0 Å². The molecule has 0 aromatic heterocycles. The summed E-state index contributed by atoms with van der Waals surface area (Å²) in [6.45, 7) is 5.99. The first-order chi connectivity index (χ1) is 16.5. The molecular formula is C26H25Cl3N2O3. The lowest BCUT2D eigenvalue weighted by Crippen LogP contribution is -2.36. The van der Waals surface area contributed by atoms with Gasteiger partial charge in [0.05, 0.1) is 40.6 Å². The number of benzene rings is 3. The van der Waals surface area contributed by atoms with Gasteiger partial charge in [-0.25, -0.2) is 0 Å². The number of aliphatic imine (C=N–C) groups is 1. The van der Waals surface area contributed by atoms with Gasteiger partial charge in [-0.15, -0.1) is 0 Å². The molecule has 0 N–H and O–H groups in total. The Morgan fingerprint density at radius 1 is 0.912 bits per heavy atom. The smallest absolute Gasteiger partial charge is 0.180 e. The number of anilines is 1. The molecule has 0 aliphatic carbocycles. The average Bonchev–Trinajstić information content (AvgIpc) is 2.85. The summed E-state index contributed by atoms with van der Waals surface area (Å²) in [5, 5.41) is 1.41. The van der Waals surface area contributed by atoms with Gasteiger partial charge in [0, 0.05) is 25.0 Å². The lowest BCUT2D eigenvalue weighted by atomic mass is 10.2. The fourth-order valence-corrected chi connectivity index (χ4v) is 4.16. The quantitative estimate of drug-likeness (QED) is 0.295. The zero-order chi connectivity index (χ0) is 23.9. The monoisotopic (exact) mass is 518 g/mol. The van der Waals surface area contributed by atoms with Gasteiger partial charge in [-0.05, 0) is 66.6 Å². The fraction of sp³-hybridized carbons (Fsp3) is 0.269. The van der Waals surface area contributed by atoms with Crippen LogP contribution >= 0.6 is 34.8 Å². The zero-order valence-corrected chi connectivity index (χ0v) is 21.0. The molecule has 34 heavy (non-hydrogen) atoms. The summed E-state index contributed by atoms with van der Waals surface area (Å²) in [6, 6.07) is 17.2. The van der Waals surface area contributed by atoms with Crippen LogP contribution in [0, 0.1) is 0 Å². The molecule has 0 saturated carbocycles. The average molecular weight is 520 g/mol. The van der Waals surface area contributed by atoms with Gasteiger partial charge in [-0.2, -0.15) is 0 Å². The van der Waals surface area contributed by atoms with Crippen molar-refractivity contribution in [2.75, 3.05) is 37.8 Å². The first-order valence-electron chi connectivity index (χ1n) is 11.0. The normalized spacial score (nSPS) is 13.9. The molecule has 3 aromatic carbocycles. The van der Waals surface area contributed by atoms with Crippen LogP contribution in [0.25, 0.3) is 0 Å². The van der Waals surface area contributed by atoms with Gasteiger partial charge in [-0.3, -0.25) is 4.99 Å². The molecular weight excluding hydrogens is 495 g/mol. The second-order valence-corrected chi connectivity index (χ2v) is 8.90. The van der Waals surface area contributed by atoms with Crippen molar-refractivity contribution in [2.45, 2.75) is 13.5 Å². The Bertz CT molecular complexity index is 1150. The Balaban J connectivity index is 1.47. The summed E-state index contributed by atoms with van der Waals surface area (Å²) in [6.07, 6.45) is 1.76. The van der Waals surface area contributed by atoms with E-state index in [0.717, 1.165) is 43.1 Å². The maximum atomic E-state index is 6.55. The molecule has 0 unspecified atom stereocenters. The highest BCUT2D eigenvalue weighted by atomic mass is 35.5. The van der Waals surface area contributed by atoms with Crippen LogP contribution in [-0.4, -0.2) is 39.1 Å². The predicted octanol–water partition coefficient (Wildman–Crippen LogP) is 7.21. The van der Waals surface area contributed by atoms with E-state index in [9.17, 15) is 0 Å². The van der Waals surface area contributed by atoms with Gasteiger partial charge < -0.3 is 19.1 Å². The van der Waals surface area contributed by atoms with Crippen molar-refractivity contribution in [3.05, 3.63) is 80.8 Å². The van der Waals surface area contributed by atoms with Gasteiger partial charge in [0.1, 0.15) is 6.61 Å². The largest absolute Gasteiger partial charge is 0.490 e. The molecule has 0 amide bonds. The third-order valence-corrected chi connectivity index (χ3v) is 6.31. The summed E-state index contributed by atoms with van der Waals surface area (Å²) in [5.74, 6) is 1.03. The summed E-state index contributed by atoms with van der Waals surface area (Å²) in [4.78, 5) is 6.90. The number of hydrogen-bond donors (Lipinski definition) is 0. The Morgan fingerprint density at radius 3 is 2.38 bits per heavy atom. The topological polar surface area (TPSA) is 43.3 Å². The molecule has 5 nitrogen and oxygen atoms in total. The van der Waals surface area contributed by atoms with Crippen molar-refractivity contribution in [3.8, 4) is 11.5 Å². The molecule has 0 spiro atoms. The minimum atomic E-state index is 0.277. The van der Waals surface area contributed by atoms with Crippen LogP contribution in [0.5, 0.6) is 11.5 Å². The van der Waals surface area contributed by atoms with Crippen molar-refractivity contribution in [1.82, 2.24) is 0 Å². The van der Waals surface area contributed by atoms with Crippen molar-refractivity contribution in [2.24, 2.45) is 4.99 Å². The minimum absolute atomic E-state index is 0.277. The van der Waals surface area contributed by atoms with E-state index in [-0.39, 0.29) is 6.61 Å². The van der Waals surface area contributed by atoms with E-state index in [1.807, 2.05) is 31.2 Å². The zero-order valence-electron chi connectivity index (χ0n) is 18.8. The van der Waals surface area contributed by atoms with Crippen molar-refractivity contribution >= 4 is 52.4 Å². The Kier molecular flexibility index (Phi) is 8.57. The molecule has 1 fully saturated rings. The Hall–Kier alpha value is -2.44. The maximum Gasteiger partial charge on any atom is 0.180 e. The predicted molar refractivity (Wildman–Crippen MR) is 140 cm³/mol. The first-order valence-corrected chi connectivity index (χ1v) is 12.2. The lowest BCUT2D eigenvalue weighted by molar-refractivity contribution is 0.122. The van der Waals surface area contributed by atoms with E-state index in [2.05, 4.69) is 22.0 Å². The van der Waals surface area contributed by atoms with E-state index in [0.29, 0.717) is 33.2 Å². The summed E-state index contributed by atoms with van der Waals surface area (Å²) >= 11 is 18.6. The van der Waals surface area contributed by atoms with Gasteiger partial charge in [0.25, 0.3) is 0 Å². The van der Waals surface area contributed by atoms with Crippen LogP contribution in [-0.2, 0) is 11.3 Å². The van der Waals surface area contributed by atoms with Crippen LogP contribution < -0.4 is 14.4 Å². The Morgan fingerprint density at radius 2 is 1.68 bits per heavy atom. The molecule has 0 radical (unpaired) electrons. The van der Waals surface area contributed by atoms with Crippen molar-refractivity contribution in [1.29, 1.82) is 0 Å². The number of hydrogen-bond acceptors (Lipinski definition) is 5. The third kappa shape index (κ3) is 6.36. The molecule has 1 aliphatic heterocycles. The van der Waals surface area contributed by atoms with E-state index < -0.39 is 0 Å². The van der Waals surface area contributed by atoms with Crippen LogP contribution in [0.1, 0.15) is 18.1 Å². The van der Waals surface area contributed by atoms with Gasteiger partial charge in [0.15, 0.2) is 11.5 Å². The fourth-order valence-electron chi connectivity index (χ4n) is 3.57. The van der Waals surface area contributed by atoms with E-state index in [4.69, 9.17) is 49.0 Å². The van der Waals surface area contributed by atoms with Crippen LogP contribution in [0.2, 0.25) is 15.1 Å². The highest BCUT2D eigenvalue weighted by molar-refractivity contribution is 6.42. The second-order valence-electron chi connectivity index (χ2n) is 7.67. The molecule has 178 valence electrons. The molecule has 1 heterocycles. The number of rotatable bonds is 8.